The highest BCUT2D eigenvalue weighted by Crippen LogP contribution is 2.35. The number of urea groups is 1. The number of amides is 3. The number of primary amides is 1. The van der Waals surface area contributed by atoms with Crippen LogP contribution in [0.1, 0.15) is 29.7 Å². The minimum atomic E-state index is -0.707. The zero-order valence-electron chi connectivity index (χ0n) is 17.3. The lowest BCUT2D eigenvalue weighted by atomic mass is 9.94. The van der Waals surface area contributed by atoms with Gasteiger partial charge in [0.05, 0.1) is 6.04 Å². The number of para-hydroxylation sites is 1. The third kappa shape index (κ3) is 4.53. The Kier molecular flexibility index (Phi) is 5.89. The molecule has 1 aliphatic heterocycles. The molecule has 0 unspecified atom stereocenters. The molecular weight excluding hydrogens is 390 g/mol. The average molecular weight is 415 g/mol. The van der Waals surface area contributed by atoms with Crippen LogP contribution in [0.4, 0.5) is 10.5 Å². The summed E-state index contributed by atoms with van der Waals surface area (Å²) in [7, 11) is 0. The molecular formula is C25H25N3O3. The molecule has 3 amide bonds. The van der Waals surface area contributed by atoms with Crippen molar-refractivity contribution in [2.75, 3.05) is 4.90 Å². The van der Waals surface area contributed by atoms with Crippen LogP contribution in [0.25, 0.3) is 0 Å². The minimum Gasteiger partial charge on any atom is -0.489 e. The van der Waals surface area contributed by atoms with Crippen molar-refractivity contribution in [3.8, 4) is 5.75 Å². The van der Waals surface area contributed by atoms with Crippen molar-refractivity contribution in [1.82, 2.24) is 5.32 Å². The van der Waals surface area contributed by atoms with E-state index in [0.29, 0.717) is 13.0 Å². The van der Waals surface area contributed by atoms with E-state index < -0.39 is 12.1 Å². The smallest absolute Gasteiger partial charge is 0.312 e. The number of ether oxygens (including phenoxy) is 1. The van der Waals surface area contributed by atoms with Gasteiger partial charge in [0.2, 0.25) is 0 Å². The van der Waals surface area contributed by atoms with E-state index in [1.165, 1.54) is 0 Å². The van der Waals surface area contributed by atoms with Gasteiger partial charge in [0, 0.05) is 12.1 Å². The van der Waals surface area contributed by atoms with Gasteiger partial charge in [-0.05, 0) is 41.8 Å². The molecule has 4 rings (SSSR count). The number of nitrogens with zero attached hydrogens (tertiary/aromatic N) is 1. The molecule has 3 N–H and O–H groups in total. The molecule has 0 bridgehead atoms. The highest BCUT2D eigenvalue weighted by Gasteiger charge is 2.36. The Hall–Kier alpha value is -3.80. The molecule has 2 atom stereocenters. The first kappa shape index (κ1) is 20.5. The van der Waals surface area contributed by atoms with Crippen LogP contribution in [0.5, 0.6) is 5.75 Å². The van der Waals surface area contributed by atoms with Crippen molar-refractivity contribution >= 4 is 17.6 Å². The first-order chi connectivity index (χ1) is 15.0. The molecule has 6 nitrogen and oxygen atoms in total. The standard InChI is InChI=1S/C25H25N3O3/c1-17(19-11-7-12-21(14-19)31-16-18-8-3-2-4-9-18)28-23-13-6-5-10-20(23)15-22(24(28)29)27-25(26)30/h2-14,17,22H,15-16H2,1H3,(H3,26,27,30)/t17-,22+/m0/s1. The van der Waals surface area contributed by atoms with Crippen molar-refractivity contribution < 1.29 is 14.3 Å². The maximum absolute atomic E-state index is 13.3. The van der Waals surface area contributed by atoms with E-state index in [0.717, 1.165) is 28.1 Å². The summed E-state index contributed by atoms with van der Waals surface area (Å²) < 4.78 is 5.96. The predicted molar refractivity (Wildman–Crippen MR) is 120 cm³/mol. The number of carbonyl (C=O) groups is 2. The van der Waals surface area contributed by atoms with Gasteiger partial charge in [-0.2, -0.15) is 0 Å². The van der Waals surface area contributed by atoms with Gasteiger partial charge >= 0.3 is 6.03 Å². The van der Waals surface area contributed by atoms with E-state index in [4.69, 9.17) is 10.5 Å². The molecule has 0 spiro atoms. The largest absolute Gasteiger partial charge is 0.489 e. The first-order valence-electron chi connectivity index (χ1n) is 10.3. The number of rotatable bonds is 6. The minimum absolute atomic E-state index is 0.180. The number of nitrogens with one attached hydrogen (secondary N) is 1. The second-order valence-electron chi connectivity index (χ2n) is 7.62. The monoisotopic (exact) mass is 415 g/mol. The van der Waals surface area contributed by atoms with Gasteiger partial charge in [-0.1, -0.05) is 60.7 Å². The molecule has 0 radical (unpaired) electrons. The highest BCUT2D eigenvalue weighted by molar-refractivity contribution is 6.02. The van der Waals surface area contributed by atoms with Crippen molar-refractivity contribution in [2.45, 2.75) is 32.0 Å². The SMILES string of the molecule is C[C@@H](c1cccc(OCc2ccccc2)c1)N1C(=O)[C@H](NC(N)=O)Cc2ccccc21. The Morgan fingerprint density at radius 1 is 1.10 bits per heavy atom. The number of hydrogen-bond donors (Lipinski definition) is 2. The van der Waals surface area contributed by atoms with Crippen LogP contribution in [0.3, 0.4) is 0 Å². The fourth-order valence-electron chi connectivity index (χ4n) is 3.95. The van der Waals surface area contributed by atoms with Gasteiger partial charge in [-0.3, -0.25) is 4.79 Å². The molecule has 0 aliphatic carbocycles. The van der Waals surface area contributed by atoms with Crippen LogP contribution in [0, 0.1) is 0 Å². The fourth-order valence-corrected chi connectivity index (χ4v) is 3.95. The molecule has 6 heteroatoms. The van der Waals surface area contributed by atoms with Gasteiger partial charge in [0.15, 0.2) is 0 Å². The fraction of sp³-hybridized carbons (Fsp3) is 0.200. The number of anilines is 1. The molecule has 0 aromatic heterocycles. The van der Waals surface area contributed by atoms with Gasteiger partial charge in [-0.15, -0.1) is 0 Å². The van der Waals surface area contributed by atoms with E-state index in [2.05, 4.69) is 5.32 Å². The summed E-state index contributed by atoms with van der Waals surface area (Å²) in [6, 6.07) is 23.8. The Morgan fingerprint density at radius 2 is 1.84 bits per heavy atom. The lowest BCUT2D eigenvalue weighted by Gasteiger charge is -2.38. The zero-order chi connectivity index (χ0) is 21.8. The van der Waals surface area contributed by atoms with Gasteiger partial charge < -0.3 is 20.7 Å². The normalized spacial score (nSPS) is 16.4. The lowest BCUT2D eigenvalue weighted by molar-refractivity contribution is -0.121. The third-order valence-corrected chi connectivity index (χ3v) is 5.50. The highest BCUT2D eigenvalue weighted by atomic mass is 16.5. The molecule has 3 aromatic rings. The summed E-state index contributed by atoms with van der Waals surface area (Å²) in [4.78, 5) is 26.4. The Bertz CT molecular complexity index is 1080. The second-order valence-corrected chi connectivity index (χ2v) is 7.62. The van der Waals surface area contributed by atoms with Crippen LogP contribution in [-0.4, -0.2) is 18.0 Å². The van der Waals surface area contributed by atoms with Crippen LogP contribution < -0.4 is 20.7 Å². The van der Waals surface area contributed by atoms with Gasteiger partial charge in [-0.25, -0.2) is 4.79 Å². The third-order valence-electron chi connectivity index (χ3n) is 5.50. The van der Waals surface area contributed by atoms with Crippen LogP contribution in [-0.2, 0) is 17.8 Å². The summed E-state index contributed by atoms with van der Waals surface area (Å²) in [6.45, 7) is 2.44. The van der Waals surface area contributed by atoms with Gasteiger partial charge in [0.25, 0.3) is 5.91 Å². The lowest BCUT2D eigenvalue weighted by Crippen LogP contribution is -2.54. The van der Waals surface area contributed by atoms with Crippen molar-refractivity contribution in [3.63, 3.8) is 0 Å². The summed E-state index contributed by atoms with van der Waals surface area (Å²) in [5.74, 6) is 0.554. The molecule has 1 heterocycles. The predicted octanol–water partition coefficient (Wildman–Crippen LogP) is 3.95. The Balaban J connectivity index is 1.59. The number of hydrogen-bond acceptors (Lipinski definition) is 3. The summed E-state index contributed by atoms with van der Waals surface area (Å²) in [5, 5.41) is 2.58. The molecule has 1 aliphatic rings. The van der Waals surface area contributed by atoms with Crippen LogP contribution in [0.2, 0.25) is 0 Å². The summed E-state index contributed by atoms with van der Waals surface area (Å²) in [6.07, 6.45) is 0.418. The number of benzene rings is 3. The maximum atomic E-state index is 13.3. The molecule has 0 saturated carbocycles. The van der Waals surface area contributed by atoms with Crippen molar-refractivity contribution in [3.05, 3.63) is 95.6 Å². The first-order valence-corrected chi connectivity index (χ1v) is 10.3. The topological polar surface area (TPSA) is 84.7 Å². The van der Waals surface area contributed by atoms with E-state index in [1.54, 1.807) is 4.90 Å². The Morgan fingerprint density at radius 3 is 2.61 bits per heavy atom. The summed E-state index contributed by atoms with van der Waals surface area (Å²) >= 11 is 0. The van der Waals surface area contributed by atoms with Crippen LogP contribution >= 0.6 is 0 Å². The molecule has 0 saturated heterocycles. The molecule has 0 fully saturated rings. The molecule has 158 valence electrons. The maximum Gasteiger partial charge on any atom is 0.312 e. The number of carbonyl (C=O) groups excluding carboxylic acids is 2. The Labute approximate surface area is 181 Å². The molecule has 3 aromatic carbocycles. The van der Waals surface area contributed by atoms with Crippen molar-refractivity contribution in [1.29, 1.82) is 0 Å². The van der Waals surface area contributed by atoms with E-state index in [-0.39, 0.29) is 11.9 Å². The number of nitrogens with two attached hydrogens (primary N) is 1. The van der Waals surface area contributed by atoms with E-state index in [1.807, 2.05) is 85.8 Å². The van der Waals surface area contributed by atoms with E-state index >= 15 is 0 Å². The second kappa shape index (κ2) is 8.92. The number of fused-ring (bicyclic) bond motifs is 1. The quantitative estimate of drug-likeness (QED) is 0.639. The summed E-state index contributed by atoms with van der Waals surface area (Å²) in [5.41, 5.74) is 9.16. The molecule has 31 heavy (non-hydrogen) atoms. The average Bonchev–Trinajstić information content (AvgIpc) is 2.78. The zero-order valence-corrected chi connectivity index (χ0v) is 17.3. The van der Waals surface area contributed by atoms with Gasteiger partial charge in [0.1, 0.15) is 18.4 Å². The van der Waals surface area contributed by atoms with Crippen molar-refractivity contribution in [2.24, 2.45) is 5.73 Å². The van der Waals surface area contributed by atoms with Crippen LogP contribution in [0.15, 0.2) is 78.9 Å². The van der Waals surface area contributed by atoms with E-state index in [9.17, 15) is 9.59 Å².